The standard InChI is InChI=1S/C18H27NO3.C12H18N2O/c1-18(2,3)22-17(21)11-15-12-19(13-15)16(20)10-9-14-7-5-4-6-8-14;13-11-8-14(9-11)12(15)7-6-10-4-2-1-3-5-10/h14-15H,4-8,11-13H2,1-3H3;10-11H,1-5,8-9,13H2. The van der Waals surface area contributed by atoms with Crippen molar-refractivity contribution >= 4 is 17.8 Å². The molecule has 2 amide bonds. The Balaban J connectivity index is 0.000000220. The van der Waals surface area contributed by atoms with Crippen LogP contribution in [0.2, 0.25) is 0 Å². The first kappa shape index (κ1) is 29.1. The molecule has 2 N–H and O–H groups in total. The summed E-state index contributed by atoms with van der Waals surface area (Å²) in [4.78, 5) is 38.6. The molecule has 2 aliphatic heterocycles. The van der Waals surface area contributed by atoms with E-state index in [2.05, 4.69) is 23.7 Å². The Morgan fingerprint density at radius 2 is 1.19 bits per heavy atom. The summed E-state index contributed by atoms with van der Waals surface area (Å²) in [6.07, 6.45) is 12.6. The maximum Gasteiger partial charge on any atom is 0.306 e. The second-order valence-corrected chi connectivity index (χ2v) is 12.0. The first-order valence-electron chi connectivity index (χ1n) is 14.2. The molecular weight excluding hydrogens is 466 g/mol. The van der Waals surface area contributed by atoms with Gasteiger partial charge in [-0.15, -0.1) is 0 Å². The zero-order valence-corrected chi connectivity index (χ0v) is 23.0. The lowest BCUT2D eigenvalue weighted by Crippen LogP contribution is -2.57. The normalized spacial score (nSPS) is 21.1. The van der Waals surface area contributed by atoms with Crippen LogP contribution < -0.4 is 5.73 Å². The third-order valence-corrected chi connectivity index (χ3v) is 7.29. The topological polar surface area (TPSA) is 92.9 Å². The van der Waals surface area contributed by atoms with E-state index in [1.54, 1.807) is 9.80 Å². The van der Waals surface area contributed by atoms with E-state index in [0.717, 1.165) is 12.8 Å². The summed E-state index contributed by atoms with van der Waals surface area (Å²) in [6, 6.07) is 0.172. The Bertz CT molecular complexity index is 908. The van der Waals surface area contributed by atoms with Crippen LogP contribution in [0.25, 0.3) is 0 Å². The smallest absolute Gasteiger partial charge is 0.306 e. The average molecular weight is 512 g/mol. The largest absolute Gasteiger partial charge is 0.460 e. The molecule has 0 atom stereocenters. The number of likely N-dealkylation sites (tertiary alicyclic amines) is 2. The molecule has 0 radical (unpaired) electrons. The zero-order chi connectivity index (χ0) is 26.8. The van der Waals surface area contributed by atoms with Crippen LogP contribution in [0.15, 0.2) is 0 Å². The lowest BCUT2D eigenvalue weighted by molar-refractivity contribution is -0.158. The van der Waals surface area contributed by atoms with Crippen LogP contribution in [-0.2, 0) is 19.1 Å². The van der Waals surface area contributed by atoms with Crippen LogP contribution in [-0.4, -0.2) is 65.4 Å². The first-order chi connectivity index (χ1) is 17.6. The number of ether oxygens (including phenoxy) is 1. The predicted octanol–water partition coefficient (Wildman–Crippen LogP) is 3.50. The molecule has 4 aliphatic rings. The Kier molecular flexibility index (Phi) is 10.9. The van der Waals surface area contributed by atoms with E-state index in [1.165, 1.54) is 51.4 Å². The summed E-state index contributed by atoms with van der Waals surface area (Å²) in [5, 5.41) is 0. The third-order valence-electron chi connectivity index (χ3n) is 7.29. The lowest BCUT2D eigenvalue weighted by Gasteiger charge is -2.37. The summed E-state index contributed by atoms with van der Waals surface area (Å²) < 4.78 is 5.30. The molecule has 37 heavy (non-hydrogen) atoms. The van der Waals surface area contributed by atoms with Gasteiger partial charge in [-0.3, -0.25) is 14.4 Å². The van der Waals surface area contributed by atoms with Gasteiger partial charge in [0.25, 0.3) is 11.8 Å². The highest BCUT2D eigenvalue weighted by atomic mass is 16.6. The predicted molar refractivity (Wildman–Crippen MR) is 144 cm³/mol. The van der Waals surface area contributed by atoms with E-state index >= 15 is 0 Å². The fourth-order valence-electron chi connectivity index (χ4n) is 5.14. The van der Waals surface area contributed by atoms with Crippen LogP contribution in [0.5, 0.6) is 0 Å². The highest BCUT2D eigenvalue weighted by molar-refractivity contribution is 5.94. The van der Waals surface area contributed by atoms with Crippen molar-refractivity contribution in [3.63, 3.8) is 0 Å². The van der Waals surface area contributed by atoms with Gasteiger partial charge in [-0.2, -0.15) is 0 Å². The molecule has 7 heteroatoms. The van der Waals surface area contributed by atoms with Gasteiger partial charge in [0.15, 0.2) is 0 Å². The molecule has 2 heterocycles. The maximum atomic E-state index is 12.0. The van der Waals surface area contributed by atoms with E-state index in [4.69, 9.17) is 10.5 Å². The van der Waals surface area contributed by atoms with Gasteiger partial charge < -0.3 is 20.3 Å². The van der Waals surface area contributed by atoms with E-state index in [9.17, 15) is 14.4 Å². The Hall–Kier alpha value is -2.51. The summed E-state index contributed by atoms with van der Waals surface area (Å²) >= 11 is 0. The van der Waals surface area contributed by atoms with E-state index in [0.29, 0.717) is 44.4 Å². The zero-order valence-electron chi connectivity index (χ0n) is 23.0. The van der Waals surface area contributed by atoms with Gasteiger partial charge in [-0.25, -0.2) is 0 Å². The van der Waals surface area contributed by atoms with Crippen molar-refractivity contribution in [3.8, 4) is 23.7 Å². The van der Waals surface area contributed by atoms with Gasteiger partial charge in [0.1, 0.15) is 5.60 Å². The van der Waals surface area contributed by atoms with Crippen LogP contribution in [0.4, 0.5) is 0 Å². The molecular formula is C30H45N3O4. The second kappa shape index (κ2) is 13.9. The maximum absolute atomic E-state index is 12.0. The second-order valence-electron chi connectivity index (χ2n) is 12.0. The highest BCUT2D eigenvalue weighted by Gasteiger charge is 2.33. The molecule has 0 aromatic carbocycles. The van der Waals surface area contributed by atoms with E-state index < -0.39 is 5.60 Å². The summed E-state index contributed by atoms with van der Waals surface area (Å²) in [7, 11) is 0. The minimum atomic E-state index is -0.443. The van der Waals surface area contributed by atoms with E-state index in [1.807, 2.05) is 20.8 Å². The number of esters is 1. The molecule has 0 bridgehead atoms. The number of hydrogen-bond acceptors (Lipinski definition) is 5. The SMILES string of the molecule is CC(C)(C)OC(=O)CC1CN(C(=O)C#CC2CCCCC2)C1.NC1CN(C(=O)C#CC2CCCCC2)C1. The number of rotatable bonds is 2. The first-order valence-corrected chi connectivity index (χ1v) is 14.2. The molecule has 0 aromatic heterocycles. The molecule has 7 nitrogen and oxygen atoms in total. The molecule has 2 saturated carbocycles. The van der Waals surface area contributed by atoms with Crippen LogP contribution in [0.1, 0.15) is 91.4 Å². The Morgan fingerprint density at radius 3 is 1.59 bits per heavy atom. The molecule has 2 aliphatic carbocycles. The Morgan fingerprint density at radius 1 is 0.757 bits per heavy atom. The van der Waals surface area contributed by atoms with Crippen LogP contribution in [0.3, 0.4) is 0 Å². The van der Waals surface area contributed by atoms with Gasteiger partial charge in [-0.05, 0) is 58.3 Å². The van der Waals surface area contributed by atoms with Crippen molar-refractivity contribution in [1.82, 2.24) is 9.80 Å². The van der Waals surface area contributed by atoms with Crippen molar-refractivity contribution in [2.75, 3.05) is 26.2 Å². The monoisotopic (exact) mass is 511 g/mol. The fourth-order valence-corrected chi connectivity index (χ4v) is 5.14. The number of nitrogens with two attached hydrogens (primary N) is 1. The van der Waals surface area contributed by atoms with Gasteiger partial charge in [0.05, 0.1) is 6.42 Å². The summed E-state index contributed by atoms with van der Waals surface area (Å²) in [5.74, 6) is 12.5. The Labute approximate surface area is 223 Å². The number of hydrogen-bond donors (Lipinski definition) is 1. The fraction of sp³-hybridized carbons (Fsp3) is 0.767. The van der Waals surface area contributed by atoms with Gasteiger partial charge >= 0.3 is 5.97 Å². The molecule has 4 fully saturated rings. The van der Waals surface area contributed by atoms with Crippen molar-refractivity contribution in [2.24, 2.45) is 23.5 Å². The van der Waals surface area contributed by atoms with E-state index in [-0.39, 0.29) is 29.7 Å². The van der Waals surface area contributed by atoms with Gasteiger partial charge in [-0.1, -0.05) is 50.4 Å². The van der Waals surface area contributed by atoms with Crippen LogP contribution in [0, 0.1) is 41.4 Å². The highest BCUT2D eigenvalue weighted by Crippen LogP contribution is 2.24. The minimum absolute atomic E-state index is 0.0396. The average Bonchev–Trinajstić information content (AvgIpc) is 2.81. The van der Waals surface area contributed by atoms with Gasteiger partial charge in [0.2, 0.25) is 0 Å². The molecule has 0 aromatic rings. The lowest BCUT2D eigenvalue weighted by atomic mass is 9.90. The molecule has 0 spiro atoms. The quantitative estimate of drug-likeness (QED) is 0.453. The number of carbonyl (C=O) groups is 3. The van der Waals surface area contributed by atoms with Crippen molar-refractivity contribution in [1.29, 1.82) is 0 Å². The molecule has 4 rings (SSSR count). The third kappa shape index (κ3) is 10.4. The van der Waals surface area contributed by atoms with Crippen LogP contribution >= 0.6 is 0 Å². The van der Waals surface area contributed by atoms with Gasteiger partial charge in [0, 0.05) is 50.0 Å². The van der Waals surface area contributed by atoms with Crippen molar-refractivity contribution in [2.45, 2.75) is 103 Å². The number of carbonyl (C=O) groups excluding carboxylic acids is 3. The number of amides is 2. The van der Waals surface area contributed by atoms with Crippen molar-refractivity contribution < 1.29 is 19.1 Å². The molecule has 204 valence electrons. The number of nitrogens with zero attached hydrogens (tertiary/aromatic N) is 2. The summed E-state index contributed by atoms with van der Waals surface area (Å²) in [6.45, 7) is 8.19. The summed E-state index contributed by atoms with van der Waals surface area (Å²) in [5.41, 5.74) is 5.16. The van der Waals surface area contributed by atoms with Crippen molar-refractivity contribution in [3.05, 3.63) is 0 Å². The molecule has 2 saturated heterocycles. The minimum Gasteiger partial charge on any atom is -0.460 e. The molecule has 0 unspecified atom stereocenters.